The maximum absolute atomic E-state index is 14.3. The summed E-state index contributed by atoms with van der Waals surface area (Å²) >= 11 is 5.92. The second-order valence-electron chi connectivity index (χ2n) is 8.62. The van der Waals surface area contributed by atoms with Crippen molar-refractivity contribution in [1.82, 2.24) is 21.1 Å². The fourth-order valence-corrected chi connectivity index (χ4v) is 5.60. The van der Waals surface area contributed by atoms with Crippen LogP contribution in [0.2, 0.25) is 5.02 Å². The third-order valence-corrected chi connectivity index (χ3v) is 7.01. The van der Waals surface area contributed by atoms with Gasteiger partial charge in [-0.2, -0.15) is 0 Å². The van der Waals surface area contributed by atoms with E-state index in [1.165, 1.54) is 0 Å². The van der Waals surface area contributed by atoms with E-state index < -0.39 is 12.2 Å². The standard InChI is InChI=1S/C21H28ClFN4O2/c1-11-16-17(13-4-3-5-15(23)10-13)18(21(29)25-19(16)27(2)26-11)24-20(28)12-6-8-14(22)9-7-12/h6-9,11,13,15-19,26H,3-5,10H2,1-2H3,(H,24,28)(H,25,29)/t11?,13-,15?,16?,17+,18-,19?/m0/s1. The molecule has 2 aliphatic heterocycles. The molecule has 0 radical (unpaired) electrons. The average Bonchev–Trinajstić information content (AvgIpc) is 2.96. The van der Waals surface area contributed by atoms with Gasteiger partial charge in [-0.15, -0.1) is 0 Å². The zero-order chi connectivity index (χ0) is 20.7. The van der Waals surface area contributed by atoms with Crippen molar-refractivity contribution in [3.8, 4) is 0 Å². The minimum Gasteiger partial charge on any atom is -0.340 e. The number of piperidine rings is 1. The Morgan fingerprint density at radius 1 is 1.24 bits per heavy atom. The van der Waals surface area contributed by atoms with Crippen molar-refractivity contribution in [3.05, 3.63) is 34.9 Å². The lowest BCUT2D eigenvalue weighted by Crippen LogP contribution is -2.66. The van der Waals surface area contributed by atoms with Crippen LogP contribution in [0, 0.1) is 17.8 Å². The number of nitrogens with zero attached hydrogens (tertiary/aromatic N) is 1. The summed E-state index contributed by atoms with van der Waals surface area (Å²) in [6, 6.07) is 6.01. The summed E-state index contributed by atoms with van der Waals surface area (Å²) in [5.74, 6) is -0.504. The summed E-state index contributed by atoms with van der Waals surface area (Å²) in [5, 5.41) is 8.47. The van der Waals surface area contributed by atoms with Crippen LogP contribution >= 0.6 is 11.6 Å². The Morgan fingerprint density at radius 2 is 1.97 bits per heavy atom. The first-order valence-electron chi connectivity index (χ1n) is 10.3. The highest BCUT2D eigenvalue weighted by atomic mass is 35.5. The predicted octanol–water partition coefficient (Wildman–Crippen LogP) is 2.49. The molecule has 2 amide bonds. The van der Waals surface area contributed by atoms with Crippen LogP contribution in [-0.4, -0.2) is 48.3 Å². The summed E-state index contributed by atoms with van der Waals surface area (Å²) in [4.78, 5) is 25.9. The smallest absolute Gasteiger partial charge is 0.251 e. The van der Waals surface area contributed by atoms with Crippen molar-refractivity contribution >= 4 is 23.4 Å². The first kappa shape index (κ1) is 20.6. The molecule has 2 saturated heterocycles. The minimum absolute atomic E-state index is 0.0589. The molecule has 8 heteroatoms. The molecule has 6 nitrogen and oxygen atoms in total. The Hall–Kier alpha value is -1.70. The Kier molecular flexibility index (Phi) is 5.82. The van der Waals surface area contributed by atoms with Gasteiger partial charge in [-0.05, 0) is 62.3 Å². The summed E-state index contributed by atoms with van der Waals surface area (Å²) in [7, 11) is 1.91. The number of hydrazine groups is 1. The number of amides is 2. The lowest BCUT2D eigenvalue weighted by atomic mass is 9.66. The number of rotatable bonds is 3. The van der Waals surface area contributed by atoms with Crippen molar-refractivity contribution in [1.29, 1.82) is 0 Å². The zero-order valence-corrected chi connectivity index (χ0v) is 17.5. The molecular weight excluding hydrogens is 395 g/mol. The van der Waals surface area contributed by atoms with Gasteiger partial charge in [0.05, 0.1) is 6.17 Å². The van der Waals surface area contributed by atoms with Crippen LogP contribution in [0.3, 0.4) is 0 Å². The molecule has 3 N–H and O–H groups in total. The number of fused-ring (bicyclic) bond motifs is 1. The van der Waals surface area contributed by atoms with E-state index in [9.17, 15) is 14.0 Å². The van der Waals surface area contributed by atoms with Crippen molar-refractivity contribution in [2.75, 3.05) is 7.05 Å². The van der Waals surface area contributed by atoms with Crippen LogP contribution < -0.4 is 16.1 Å². The number of benzene rings is 1. The second kappa shape index (κ2) is 8.20. The first-order chi connectivity index (χ1) is 13.8. The number of nitrogens with one attached hydrogen (secondary N) is 3. The van der Waals surface area contributed by atoms with Crippen molar-refractivity contribution < 1.29 is 14.0 Å². The van der Waals surface area contributed by atoms with E-state index >= 15 is 0 Å². The van der Waals surface area contributed by atoms with Crippen molar-refractivity contribution in [2.24, 2.45) is 17.8 Å². The van der Waals surface area contributed by atoms with Gasteiger partial charge in [0.2, 0.25) is 5.91 Å². The lowest BCUT2D eigenvalue weighted by Gasteiger charge is -2.46. The highest BCUT2D eigenvalue weighted by Crippen LogP contribution is 2.43. The normalized spacial score (nSPS) is 37.7. The Bertz CT molecular complexity index is 776. The summed E-state index contributed by atoms with van der Waals surface area (Å²) in [6.07, 6.45) is 1.73. The van der Waals surface area contributed by atoms with Crippen molar-refractivity contribution in [2.45, 2.75) is 57.0 Å². The third-order valence-electron chi connectivity index (χ3n) is 6.76. The largest absolute Gasteiger partial charge is 0.340 e. The van der Waals surface area contributed by atoms with E-state index in [0.29, 0.717) is 23.4 Å². The molecule has 2 heterocycles. The van der Waals surface area contributed by atoms with E-state index in [1.807, 2.05) is 12.1 Å². The number of carbonyl (C=O) groups excluding carboxylic acids is 2. The van der Waals surface area contributed by atoms with Crippen LogP contribution in [0.25, 0.3) is 0 Å². The van der Waals surface area contributed by atoms with Gasteiger partial charge >= 0.3 is 0 Å². The Morgan fingerprint density at radius 3 is 2.66 bits per heavy atom. The molecule has 3 fully saturated rings. The van der Waals surface area contributed by atoms with Crippen LogP contribution in [-0.2, 0) is 4.79 Å². The molecule has 1 aliphatic carbocycles. The van der Waals surface area contributed by atoms with Crippen LogP contribution in [0.5, 0.6) is 0 Å². The Balaban J connectivity index is 1.63. The molecule has 0 spiro atoms. The van der Waals surface area contributed by atoms with Gasteiger partial charge in [-0.25, -0.2) is 9.40 Å². The van der Waals surface area contributed by atoms with E-state index in [-0.39, 0.29) is 41.8 Å². The summed E-state index contributed by atoms with van der Waals surface area (Å²) < 4.78 is 14.3. The molecule has 29 heavy (non-hydrogen) atoms. The average molecular weight is 423 g/mol. The predicted molar refractivity (Wildman–Crippen MR) is 109 cm³/mol. The monoisotopic (exact) mass is 422 g/mol. The van der Waals surface area contributed by atoms with Crippen LogP contribution in [0.1, 0.15) is 43.0 Å². The Labute approximate surface area is 175 Å². The van der Waals surface area contributed by atoms with Gasteiger partial charge in [-0.1, -0.05) is 18.0 Å². The molecule has 0 bridgehead atoms. The number of alkyl halides is 1. The fraction of sp³-hybridized carbons (Fsp3) is 0.619. The quantitative estimate of drug-likeness (QED) is 0.699. The highest BCUT2D eigenvalue weighted by molar-refractivity contribution is 6.30. The van der Waals surface area contributed by atoms with Gasteiger partial charge in [-0.3, -0.25) is 15.0 Å². The lowest BCUT2D eigenvalue weighted by molar-refractivity contribution is -0.133. The summed E-state index contributed by atoms with van der Waals surface area (Å²) in [5.41, 5.74) is 3.82. The molecule has 4 unspecified atom stereocenters. The highest BCUT2D eigenvalue weighted by Gasteiger charge is 2.54. The van der Waals surface area contributed by atoms with Crippen LogP contribution in [0.15, 0.2) is 24.3 Å². The number of hydrogen-bond donors (Lipinski definition) is 3. The van der Waals surface area contributed by atoms with Gasteiger partial charge in [0.1, 0.15) is 12.2 Å². The van der Waals surface area contributed by atoms with Crippen LogP contribution in [0.4, 0.5) is 4.39 Å². The molecule has 7 atom stereocenters. The van der Waals surface area contributed by atoms with E-state index in [0.717, 1.165) is 12.8 Å². The maximum Gasteiger partial charge on any atom is 0.251 e. The fourth-order valence-electron chi connectivity index (χ4n) is 5.48. The molecule has 1 aromatic rings. The van der Waals surface area contributed by atoms with Gasteiger partial charge in [0.25, 0.3) is 5.91 Å². The molecule has 1 saturated carbocycles. The summed E-state index contributed by atoms with van der Waals surface area (Å²) in [6.45, 7) is 2.08. The van der Waals surface area contributed by atoms with Crippen molar-refractivity contribution in [3.63, 3.8) is 0 Å². The van der Waals surface area contributed by atoms with E-state index in [4.69, 9.17) is 11.6 Å². The maximum atomic E-state index is 14.3. The van der Waals surface area contributed by atoms with Gasteiger partial charge in [0.15, 0.2) is 0 Å². The number of carbonyl (C=O) groups is 2. The molecule has 0 aromatic heterocycles. The number of halogens is 2. The second-order valence-corrected chi connectivity index (χ2v) is 9.06. The molecular formula is C21H28ClFN4O2. The topological polar surface area (TPSA) is 73.5 Å². The SMILES string of the molecule is CC1NN(C)C2NC(=O)[C@@H](NC(=O)c3ccc(Cl)cc3)[C@H]([C@H]3CCCC(F)C3)C12. The first-order valence-corrected chi connectivity index (χ1v) is 10.7. The molecule has 1 aromatic carbocycles. The molecule has 3 aliphatic rings. The number of hydrogen-bond acceptors (Lipinski definition) is 4. The third kappa shape index (κ3) is 4.00. The van der Waals surface area contributed by atoms with E-state index in [1.54, 1.807) is 24.3 Å². The van der Waals surface area contributed by atoms with E-state index in [2.05, 4.69) is 23.0 Å². The molecule has 158 valence electrons. The molecule has 4 rings (SSSR count). The van der Waals surface area contributed by atoms with Gasteiger partial charge < -0.3 is 10.6 Å². The zero-order valence-electron chi connectivity index (χ0n) is 16.7. The van der Waals surface area contributed by atoms with Gasteiger partial charge in [0, 0.05) is 29.6 Å². The minimum atomic E-state index is -0.841.